The molecule has 1 aromatic rings. The zero-order valence-corrected chi connectivity index (χ0v) is 11.0. The van der Waals surface area contributed by atoms with Crippen molar-refractivity contribution in [3.8, 4) is 5.75 Å². The lowest BCUT2D eigenvalue weighted by molar-refractivity contribution is -0.385. The Kier molecular flexibility index (Phi) is 5.63. The largest absolute Gasteiger partial charge is 0.469 e. The molecule has 0 saturated carbocycles. The van der Waals surface area contributed by atoms with E-state index >= 15 is 0 Å². The number of benzene rings is 1. The van der Waals surface area contributed by atoms with E-state index in [1.807, 2.05) is 0 Å². The second kappa shape index (κ2) is 6.99. The second-order valence-electron chi connectivity index (χ2n) is 3.62. The number of non-ortho nitro benzene ring substituents is 1. The molecule has 0 fully saturated rings. The van der Waals surface area contributed by atoms with Crippen LogP contribution in [-0.4, -0.2) is 24.6 Å². The number of nitro groups is 1. The number of esters is 1. The molecule has 0 aliphatic heterocycles. The number of carbonyl (C=O) groups excluding carboxylic acids is 1. The standard InChI is InChI=1S/C11H10ClF2NO5/c1-19-9(16)4-6-2-8(15(17)18)3-7(5-12)10(6)20-11(13)14/h2-3,11H,4-5H2,1H3. The van der Waals surface area contributed by atoms with Crippen LogP contribution in [0.4, 0.5) is 14.5 Å². The minimum absolute atomic E-state index is 0.0000646. The monoisotopic (exact) mass is 309 g/mol. The first-order valence-corrected chi connectivity index (χ1v) is 5.80. The van der Waals surface area contributed by atoms with Crippen LogP contribution in [0.25, 0.3) is 0 Å². The fourth-order valence-electron chi connectivity index (χ4n) is 1.54. The highest BCUT2D eigenvalue weighted by Gasteiger charge is 2.21. The quantitative estimate of drug-likeness (QED) is 0.349. The van der Waals surface area contributed by atoms with Crippen LogP contribution >= 0.6 is 11.6 Å². The van der Waals surface area contributed by atoms with E-state index in [1.165, 1.54) is 0 Å². The molecule has 0 N–H and O–H groups in total. The van der Waals surface area contributed by atoms with Crippen LogP contribution in [0.1, 0.15) is 11.1 Å². The van der Waals surface area contributed by atoms with Gasteiger partial charge in [0, 0.05) is 23.3 Å². The van der Waals surface area contributed by atoms with Crippen molar-refractivity contribution in [2.75, 3.05) is 7.11 Å². The van der Waals surface area contributed by atoms with Gasteiger partial charge in [-0.15, -0.1) is 11.6 Å². The number of carbonyl (C=O) groups is 1. The van der Waals surface area contributed by atoms with E-state index in [9.17, 15) is 23.7 Å². The van der Waals surface area contributed by atoms with Gasteiger partial charge in [-0.05, 0) is 0 Å². The molecule has 0 aliphatic rings. The fraction of sp³-hybridized carbons (Fsp3) is 0.364. The Hall–Kier alpha value is -1.96. The van der Waals surface area contributed by atoms with E-state index in [0.29, 0.717) is 0 Å². The van der Waals surface area contributed by atoms with Crippen LogP contribution in [-0.2, 0) is 21.8 Å². The zero-order chi connectivity index (χ0) is 15.3. The van der Waals surface area contributed by atoms with Crippen molar-refractivity contribution >= 4 is 23.3 Å². The molecule has 1 aromatic carbocycles. The molecule has 0 spiro atoms. The Morgan fingerprint density at radius 2 is 2.05 bits per heavy atom. The third kappa shape index (κ3) is 4.02. The van der Waals surface area contributed by atoms with Crippen LogP contribution < -0.4 is 4.74 Å². The van der Waals surface area contributed by atoms with E-state index in [2.05, 4.69) is 9.47 Å². The Morgan fingerprint density at radius 1 is 1.45 bits per heavy atom. The molecule has 0 aliphatic carbocycles. The Bertz CT molecular complexity index is 524. The van der Waals surface area contributed by atoms with Crippen molar-refractivity contribution in [1.29, 1.82) is 0 Å². The minimum Gasteiger partial charge on any atom is -0.469 e. The number of methoxy groups -OCH3 is 1. The molecule has 9 heteroatoms. The number of nitrogens with zero attached hydrogens (tertiary/aromatic N) is 1. The van der Waals surface area contributed by atoms with Crippen molar-refractivity contribution < 1.29 is 28.0 Å². The van der Waals surface area contributed by atoms with Crippen LogP contribution in [0, 0.1) is 10.1 Å². The van der Waals surface area contributed by atoms with E-state index in [0.717, 1.165) is 19.2 Å². The summed E-state index contributed by atoms with van der Waals surface area (Å²) >= 11 is 5.57. The number of nitro benzene ring substituents is 1. The molecular weight excluding hydrogens is 300 g/mol. The SMILES string of the molecule is COC(=O)Cc1cc([N+](=O)[O-])cc(CCl)c1OC(F)F. The van der Waals surface area contributed by atoms with E-state index in [4.69, 9.17) is 11.6 Å². The molecule has 20 heavy (non-hydrogen) atoms. The van der Waals surface area contributed by atoms with Gasteiger partial charge in [-0.25, -0.2) is 0 Å². The van der Waals surface area contributed by atoms with Gasteiger partial charge in [-0.1, -0.05) is 0 Å². The normalized spacial score (nSPS) is 10.4. The highest BCUT2D eigenvalue weighted by atomic mass is 35.5. The van der Waals surface area contributed by atoms with Gasteiger partial charge in [-0.2, -0.15) is 8.78 Å². The topological polar surface area (TPSA) is 78.7 Å². The van der Waals surface area contributed by atoms with Gasteiger partial charge in [0.1, 0.15) is 5.75 Å². The molecule has 0 heterocycles. The maximum atomic E-state index is 12.4. The fourth-order valence-corrected chi connectivity index (χ4v) is 1.74. The first kappa shape index (κ1) is 16.1. The summed E-state index contributed by atoms with van der Waals surface area (Å²) < 4.78 is 33.5. The highest BCUT2D eigenvalue weighted by Crippen LogP contribution is 2.32. The average molecular weight is 310 g/mol. The molecule has 110 valence electrons. The van der Waals surface area contributed by atoms with Crippen LogP contribution in [0.15, 0.2) is 12.1 Å². The van der Waals surface area contributed by atoms with E-state index in [-0.39, 0.29) is 28.4 Å². The van der Waals surface area contributed by atoms with E-state index < -0.39 is 23.9 Å². The van der Waals surface area contributed by atoms with Gasteiger partial charge >= 0.3 is 12.6 Å². The highest BCUT2D eigenvalue weighted by molar-refractivity contribution is 6.17. The summed E-state index contributed by atoms with van der Waals surface area (Å²) in [6, 6.07) is 2.00. The van der Waals surface area contributed by atoms with Crippen molar-refractivity contribution in [2.24, 2.45) is 0 Å². The molecule has 0 saturated heterocycles. The lowest BCUT2D eigenvalue weighted by Crippen LogP contribution is -2.11. The molecule has 6 nitrogen and oxygen atoms in total. The molecule has 0 aromatic heterocycles. The van der Waals surface area contributed by atoms with Crippen molar-refractivity contribution in [3.05, 3.63) is 33.4 Å². The van der Waals surface area contributed by atoms with Gasteiger partial charge < -0.3 is 9.47 Å². The predicted octanol–water partition coefficient (Wildman–Crippen LogP) is 2.65. The van der Waals surface area contributed by atoms with Crippen molar-refractivity contribution in [3.63, 3.8) is 0 Å². The Morgan fingerprint density at radius 3 is 2.50 bits per heavy atom. The number of hydrogen-bond acceptors (Lipinski definition) is 5. The van der Waals surface area contributed by atoms with Crippen LogP contribution in [0.3, 0.4) is 0 Å². The first-order valence-electron chi connectivity index (χ1n) is 5.26. The molecule has 0 amide bonds. The predicted molar refractivity (Wildman–Crippen MR) is 65.0 cm³/mol. The summed E-state index contributed by atoms with van der Waals surface area (Å²) in [7, 11) is 1.11. The average Bonchev–Trinajstić information content (AvgIpc) is 2.39. The minimum atomic E-state index is -3.14. The summed E-state index contributed by atoms with van der Waals surface area (Å²) in [6.07, 6.45) is -0.440. The van der Waals surface area contributed by atoms with E-state index in [1.54, 1.807) is 0 Å². The third-order valence-corrected chi connectivity index (χ3v) is 2.64. The second-order valence-corrected chi connectivity index (χ2v) is 3.88. The molecule has 0 bridgehead atoms. The molecule has 0 radical (unpaired) electrons. The smallest absolute Gasteiger partial charge is 0.387 e. The lowest BCUT2D eigenvalue weighted by Gasteiger charge is -2.13. The first-order chi connectivity index (χ1) is 9.38. The van der Waals surface area contributed by atoms with Crippen molar-refractivity contribution in [1.82, 2.24) is 0 Å². The Labute approximate surface area is 117 Å². The van der Waals surface area contributed by atoms with Crippen molar-refractivity contribution in [2.45, 2.75) is 18.9 Å². The molecule has 0 unspecified atom stereocenters. The lowest BCUT2D eigenvalue weighted by atomic mass is 10.1. The molecule has 0 atom stereocenters. The number of hydrogen-bond donors (Lipinski definition) is 0. The van der Waals surface area contributed by atoms with Gasteiger partial charge in [0.2, 0.25) is 0 Å². The summed E-state index contributed by atoms with van der Waals surface area (Å²) in [5, 5.41) is 10.8. The number of rotatable bonds is 6. The van der Waals surface area contributed by atoms with Gasteiger partial charge in [0.15, 0.2) is 0 Å². The molecular formula is C11H10ClF2NO5. The van der Waals surface area contributed by atoms with Crippen LogP contribution in [0.5, 0.6) is 5.75 Å². The molecule has 1 rings (SSSR count). The maximum Gasteiger partial charge on any atom is 0.387 e. The van der Waals surface area contributed by atoms with Crippen LogP contribution in [0.2, 0.25) is 0 Å². The number of alkyl halides is 3. The Balaban J connectivity index is 3.35. The zero-order valence-electron chi connectivity index (χ0n) is 10.3. The maximum absolute atomic E-state index is 12.4. The summed E-state index contributed by atoms with van der Waals surface area (Å²) in [5.74, 6) is -1.37. The van der Waals surface area contributed by atoms with Gasteiger partial charge in [0.05, 0.1) is 24.3 Å². The number of ether oxygens (including phenoxy) is 2. The number of halogens is 3. The third-order valence-electron chi connectivity index (χ3n) is 2.35. The van der Waals surface area contributed by atoms with Gasteiger partial charge in [-0.3, -0.25) is 14.9 Å². The summed E-state index contributed by atoms with van der Waals surface area (Å²) in [4.78, 5) is 21.3. The van der Waals surface area contributed by atoms with Gasteiger partial charge in [0.25, 0.3) is 5.69 Å². The summed E-state index contributed by atoms with van der Waals surface area (Å²) in [6.45, 7) is -3.14. The summed E-state index contributed by atoms with van der Waals surface area (Å²) in [5.41, 5.74) is -0.455.